The molecule has 7 nitrogen and oxygen atoms in total. The van der Waals surface area contributed by atoms with Crippen LogP contribution in [0.3, 0.4) is 0 Å². The molecule has 0 radical (unpaired) electrons. The maximum atomic E-state index is 13.7. The number of aromatic amines is 1. The van der Waals surface area contributed by atoms with E-state index in [1.807, 2.05) is 0 Å². The number of methoxy groups -OCH3 is 2. The molecule has 0 unspecified atom stereocenters. The number of rotatable bonds is 6. The SMILES string of the molecule is COC(=O)c1c(C)[nH]c(C(=O)[C@H](C)OC(=O)c2ccc(OC)c(F)c2)c1C. The number of aryl methyl sites for hydroxylation is 1. The van der Waals surface area contributed by atoms with Gasteiger partial charge < -0.3 is 19.2 Å². The topological polar surface area (TPSA) is 94.7 Å². The van der Waals surface area contributed by atoms with Crippen LogP contribution in [0, 0.1) is 19.7 Å². The first kappa shape index (κ1) is 20.2. The average Bonchev–Trinajstić information content (AvgIpc) is 2.94. The molecule has 0 aliphatic carbocycles. The summed E-state index contributed by atoms with van der Waals surface area (Å²) in [7, 11) is 2.55. The van der Waals surface area contributed by atoms with Gasteiger partial charge >= 0.3 is 11.9 Å². The van der Waals surface area contributed by atoms with Crippen molar-refractivity contribution < 1.29 is 33.0 Å². The number of esters is 2. The standard InChI is InChI=1S/C19H20FNO6/c1-9-15(19(24)26-5)10(2)21-16(9)17(22)11(3)27-18(23)12-6-7-14(25-4)13(20)8-12/h6-8,11,21H,1-5H3/t11-/m0/s1. The molecule has 8 heteroatoms. The molecule has 2 rings (SSSR count). The maximum absolute atomic E-state index is 13.7. The van der Waals surface area contributed by atoms with Gasteiger partial charge in [0.25, 0.3) is 0 Å². The quantitative estimate of drug-likeness (QED) is 0.614. The fourth-order valence-corrected chi connectivity index (χ4v) is 2.68. The van der Waals surface area contributed by atoms with Gasteiger partial charge in [0.05, 0.1) is 31.0 Å². The molecule has 144 valence electrons. The van der Waals surface area contributed by atoms with Crippen LogP contribution in [0.25, 0.3) is 0 Å². The van der Waals surface area contributed by atoms with E-state index in [-0.39, 0.29) is 22.6 Å². The highest BCUT2D eigenvalue weighted by Gasteiger charge is 2.27. The van der Waals surface area contributed by atoms with Crippen LogP contribution in [-0.2, 0) is 9.47 Å². The summed E-state index contributed by atoms with van der Waals surface area (Å²) in [6, 6.07) is 3.60. The van der Waals surface area contributed by atoms with E-state index < -0.39 is 29.6 Å². The second-order valence-electron chi connectivity index (χ2n) is 5.88. The number of hydrogen-bond acceptors (Lipinski definition) is 6. The molecule has 1 heterocycles. The summed E-state index contributed by atoms with van der Waals surface area (Å²) in [6.45, 7) is 4.62. The van der Waals surface area contributed by atoms with Gasteiger partial charge in [-0.1, -0.05) is 0 Å². The molecule has 1 aromatic carbocycles. The molecule has 1 atom stereocenters. The molecule has 1 N–H and O–H groups in total. The molecule has 2 aromatic rings. The van der Waals surface area contributed by atoms with E-state index >= 15 is 0 Å². The van der Waals surface area contributed by atoms with E-state index in [4.69, 9.17) is 14.2 Å². The highest BCUT2D eigenvalue weighted by molar-refractivity contribution is 6.04. The Balaban J connectivity index is 2.20. The van der Waals surface area contributed by atoms with Crippen LogP contribution >= 0.6 is 0 Å². The highest BCUT2D eigenvalue weighted by Crippen LogP contribution is 2.22. The molecule has 0 aliphatic rings. The number of hydrogen-bond donors (Lipinski definition) is 1. The molecule has 0 saturated carbocycles. The molecule has 0 aliphatic heterocycles. The Hall–Kier alpha value is -3.16. The number of H-pyrrole nitrogens is 1. The first-order valence-electron chi connectivity index (χ1n) is 8.07. The lowest BCUT2D eigenvalue weighted by molar-refractivity contribution is 0.0316. The molecule has 0 amide bonds. The van der Waals surface area contributed by atoms with Gasteiger partial charge in [-0.25, -0.2) is 14.0 Å². The summed E-state index contributed by atoms with van der Waals surface area (Å²) in [5, 5.41) is 0. The van der Waals surface area contributed by atoms with Gasteiger partial charge in [0.1, 0.15) is 0 Å². The van der Waals surface area contributed by atoms with Crippen molar-refractivity contribution in [3.05, 3.63) is 52.1 Å². The predicted molar refractivity (Wildman–Crippen MR) is 93.8 cm³/mol. The van der Waals surface area contributed by atoms with Crippen molar-refractivity contribution in [3.8, 4) is 5.75 Å². The number of Topliss-reactive ketones (excluding diaryl/α,β-unsaturated/α-hetero) is 1. The summed E-state index contributed by atoms with van der Waals surface area (Å²) in [5.74, 6) is -2.67. The van der Waals surface area contributed by atoms with E-state index in [1.165, 1.54) is 33.3 Å². The van der Waals surface area contributed by atoms with Crippen molar-refractivity contribution in [2.24, 2.45) is 0 Å². The zero-order valence-electron chi connectivity index (χ0n) is 15.6. The Kier molecular flexibility index (Phi) is 5.99. The van der Waals surface area contributed by atoms with E-state index in [9.17, 15) is 18.8 Å². The van der Waals surface area contributed by atoms with E-state index in [0.29, 0.717) is 11.3 Å². The lowest BCUT2D eigenvalue weighted by Gasteiger charge is -2.13. The molecule has 0 saturated heterocycles. The number of ether oxygens (including phenoxy) is 3. The smallest absolute Gasteiger partial charge is 0.339 e. The normalized spacial score (nSPS) is 11.6. The predicted octanol–water partition coefficient (Wildman–Crippen LogP) is 2.99. The average molecular weight is 377 g/mol. The van der Waals surface area contributed by atoms with E-state index in [1.54, 1.807) is 13.8 Å². The van der Waals surface area contributed by atoms with Gasteiger partial charge in [-0.05, 0) is 44.5 Å². The van der Waals surface area contributed by atoms with Crippen LogP contribution in [0.1, 0.15) is 49.4 Å². The minimum Gasteiger partial charge on any atom is -0.494 e. The van der Waals surface area contributed by atoms with Crippen molar-refractivity contribution >= 4 is 17.7 Å². The van der Waals surface area contributed by atoms with Crippen LogP contribution in [0.5, 0.6) is 5.75 Å². The van der Waals surface area contributed by atoms with Gasteiger partial charge in [-0.2, -0.15) is 0 Å². The molecule has 0 spiro atoms. The minimum atomic E-state index is -1.15. The van der Waals surface area contributed by atoms with Crippen LogP contribution in [-0.4, -0.2) is 43.0 Å². The summed E-state index contributed by atoms with van der Waals surface area (Å²) in [6.07, 6.45) is -1.15. The third-order valence-corrected chi connectivity index (χ3v) is 4.11. The van der Waals surface area contributed by atoms with Crippen LogP contribution in [0.15, 0.2) is 18.2 Å². The van der Waals surface area contributed by atoms with Crippen LogP contribution in [0.2, 0.25) is 0 Å². The Bertz CT molecular complexity index is 902. The van der Waals surface area contributed by atoms with Gasteiger partial charge in [0, 0.05) is 5.69 Å². The highest BCUT2D eigenvalue weighted by atomic mass is 19.1. The number of benzene rings is 1. The second-order valence-corrected chi connectivity index (χ2v) is 5.88. The fraction of sp³-hybridized carbons (Fsp3) is 0.316. The van der Waals surface area contributed by atoms with E-state index in [2.05, 4.69) is 4.98 Å². The Morgan fingerprint density at radius 3 is 2.33 bits per heavy atom. The molecule has 1 aromatic heterocycles. The summed E-state index contributed by atoms with van der Waals surface area (Å²) in [4.78, 5) is 39.5. The molecular weight excluding hydrogens is 357 g/mol. The zero-order valence-corrected chi connectivity index (χ0v) is 15.6. The lowest BCUT2D eigenvalue weighted by atomic mass is 10.1. The Labute approximate surface area is 155 Å². The van der Waals surface area contributed by atoms with Gasteiger partial charge in [0.15, 0.2) is 17.7 Å². The molecule has 0 bridgehead atoms. The van der Waals surface area contributed by atoms with Crippen molar-refractivity contribution in [1.82, 2.24) is 4.98 Å². The van der Waals surface area contributed by atoms with Gasteiger partial charge in [-0.3, -0.25) is 4.79 Å². The summed E-state index contributed by atoms with van der Waals surface area (Å²) in [5.41, 5.74) is 1.23. The Morgan fingerprint density at radius 2 is 1.78 bits per heavy atom. The molecular formula is C19H20FNO6. The molecule has 27 heavy (non-hydrogen) atoms. The third kappa shape index (κ3) is 3.99. The van der Waals surface area contributed by atoms with E-state index in [0.717, 1.165) is 6.07 Å². The number of halogens is 1. The second kappa shape index (κ2) is 8.03. The zero-order chi connectivity index (χ0) is 20.3. The first-order valence-corrected chi connectivity index (χ1v) is 8.07. The number of ketones is 1. The minimum absolute atomic E-state index is 0.0106. The largest absolute Gasteiger partial charge is 0.494 e. The van der Waals surface area contributed by atoms with Crippen molar-refractivity contribution in [1.29, 1.82) is 0 Å². The van der Waals surface area contributed by atoms with Crippen LogP contribution in [0.4, 0.5) is 4.39 Å². The van der Waals surface area contributed by atoms with Crippen molar-refractivity contribution in [2.45, 2.75) is 26.9 Å². The Morgan fingerprint density at radius 1 is 1.11 bits per heavy atom. The monoisotopic (exact) mass is 377 g/mol. The van der Waals surface area contributed by atoms with Crippen LogP contribution < -0.4 is 4.74 Å². The molecule has 0 fully saturated rings. The number of aromatic nitrogens is 1. The number of carbonyl (C=O) groups is 3. The number of carbonyl (C=O) groups excluding carboxylic acids is 3. The first-order chi connectivity index (χ1) is 12.7. The van der Waals surface area contributed by atoms with Gasteiger partial charge in [0.2, 0.25) is 5.78 Å². The third-order valence-electron chi connectivity index (χ3n) is 4.11. The van der Waals surface area contributed by atoms with Gasteiger partial charge in [-0.15, -0.1) is 0 Å². The van der Waals surface area contributed by atoms with Crippen molar-refractivity contribution in [3.63, 3.8) is 0 Å². The maximum Gasteiger partial charge on any atom is 0.339 e. The van der Waals surface area contributed by atoms with Crippen molar-refractivity contribution in [2.75, 3.05) is 14.2 Å². The fourth-order valence-electron chi connectivity index (χ4n) is 2.68. The lowest BCUT2D eigenvalue weighted by Crippen LogP contribution is -2.25. The summed E-state index contributed by atoms with van der Waals surface area (Å²) < 4.78 is 28.4. The number of nitrogens with one attached hydrogen (secondary N) is 1. The summed E-state index contributed by atoms with van der Waals surface area (Å²) >= 11 is 0.